The third kappa shape index (κ3) is 4.43. The van der Waals surface area contributed by atoms with Crippen LogP contribution in [-0.4, -0.2) is 64.7 Å². The number of rotatable bonds is 6. The summed E-state index contributed by atoms with van der Waals surface area (Å²) in [6, 6.07) is 10.0. The minimum absolute atomic E-state index is 0.0613. The van der Waals surface area contributed by atoms with Gasteiger partial charge in [0.1, 0.15) is 0 Å². The molecule has 2 aliphatic heterocycles. The maximum absolute atomic E-state index is 12.9. The first-order valence-corrected chi connectivity index (χ1v) is 11.2. The number of piperidine rings is 1. The molecule has 3 amide bonds. The van der Waals surface area contributed by atoms with E-state index in [1.165, 1.54) is 5.56 Å². The van der Waals surface area contributed by atoms with Gasteiger partial charge in [-0.1, -0.05) is 37.3 Å². The number of hydrogen-bond acceptors (Lipinski definition) is 5. The van der Waals surface area contributed by atoms with Crippen LogP contribution in [0.3, 0.4) is 0 Å². The summed E-state index contributed by atoms with van der Waals surface area (Å²) >= 11 is 0. The zero-order valence-corrected chi connectivity index (χ0v) is 18.3. The first-order valence-electron chi connectivity index (χ1n) is 11.2. The first kappa shape index (κ1) is 21.3. The number of amides is 3. The predicted octanol–water partition coefficient (Wildman–Crippen LogP) is 2.53. The summed E-state index contributed by atoms with van der Waals surface area (Å²) < 4.78 is 5.85. The highest BCUT2D eigenvalue weighted by Gasteiger charge is 2.55. The molecule has 0 bridgehead atoms. The highest BCUT2D eigenvalue weighted by atomic mass is 16.4. The van der Waals surface area contributed by atoms with E-state index in [1.807, 2.05) is 34.9 Å². The van der Waals surface area contributed by atoms with Crippen LogP contribution in [0.15, 0.2) is 34.7 Å². The molecule has 0 radical (unpaired) electrons. The van der Waals surface area contributed by atoms with E-state index in [1.54, 1.807) is 6.92 Å². The molecular weight excluding hydrogens is 394 g/mol. The number of carbonyl (C=O) groups excluding carboxylic acids is 2. The van der Waals surface area contributed by atoms with E-state index < -0.39 is 0 Å². The maximum atomic E-state index is 12.9. The lowest BCUT2D eigenvalue weighted by Crippen LogP contribution is -2.51. The van der Waals surface area contributed by atoms with E-state index in [2.05, 4.69) is 27.6 Å². The third-order valence-corrected chi connectivity index (χ3v) is 6.55. The minimum atomic E-state index is -0.388. The van der Waals surface area contributed by atoms with E-state index in [0.29, 0.717) is 57.3 Å². The van der Waals surface area contributed by atoms with Crippen LogP contribution in [0.4, 0.5) is 4.79 Å². The van der Waals surface area contributed by atoms with Crippen LogP contribution < -0.4 is 5.32 Å². The summed E-state index contributed by atoms with van der Waals surface area (Å²) in [5.74, 6) is 1.36. The van der Waals surface area contributed by atoms with Crippen molar-refractivity contribution in [3.8, 4) is 0 Å². The van der Waals surface area contributed by atoms with Crippen molar-refractivity contribution in [1.29, 1.82) is 0 Å². The van der Waals surface area contributed by atoms with Crippen LogP contribution >= 0.6 is 0 Å². The number of nitrogens with one attached hydrogen (secondary N) is 1. The average molecular weight is 426 g/mol. The van der Waals surface area contributed by atoms with E-state index in [4.69, 9.17) is 4.42 Å². The molecule has 8 heteroatoms. The Hall–Kier alpha value is -2.90. The molecule has 0 unspecified atom stereocenters. The molecule has 0 aliphatic carbocycles. The van der Waals surface area contributed by atoms with Crippen molar-refractivity contribution in [2.75, 3.05) is 32.7 Å². The lowest BCUT2D eigenvalue weighted by Gasteiger charge is -2.41. The Morgan fingerprint density at radius 1 is 1.19 bits per heavy atom. The quantitative estimate of drug-likeness (QED) is 0.768. The van der Waals surface area contributed by atoms with Crippen LogP contribution in [0, 0.1) is 12.8 Å². The van der Waals surface area contributed by atoms with Gasteiger partial charge in [0.25, 0.3) is 0 Å². The molecule has 4 rings (SSSR count). The standard InChI is InChI=1S/C23H31N5O3/c1-3-12-24-22(30)28-15-19-14-27(20(29)10-9-18-7-5-4-6-8-18)13-11-23(19,16-28)21-26-25-17(2)31-21/h4-8,19H,3,9-16H2,1-2H3,(H,24,30)/t19-,23-/m0/s1. The summed E-state index contributed by atoms with van der Waals surface area (Å²) in [6.07, 6.45) is 2.83. The Bertz CT molecular complexity index is 915. The second-order valence-electron chi connectivity index (χ2n) is 8.67. The van der Waals surface area contributed by atoms with Gasteiger partial charge < -0.3 is 19.5 Å². The zero-order valence-electron chi connectivity index (χ0n) is 18.3. The second kappa shape index (κ2) is 9.08. The molecule has 3 heterocycles. The lowest BCUT2D eigenvalue weighted by molar-refractivity contribution is -0.133. The number of aryl methyl sites for hydroxylation is 2. The summed E-state index contributed by atoms with van der Waals surface area (Å²) in [4.78, 5) is 29.4. The molecule has 2 atom stereocenters. The Morgan fingerprint density at radius 2 is 1.97 bits per heavy atom. The monoisotopic (exact) mass is 425 g/mol. The summed E-state index contributed by atoms with van der Waals surface area (Å²) in [7, 11) is 0. The van der Waals surface area contributed by atoms with Crippen LogP contribution in [0.1, 0.15) is 43.5 Å². The number of carbonyl (C=O) groups is 2. The molecular formula is C23H31N5O3. The normalized spacial score (nSPS) is 23.0. The van der Waals surface area contributed by atoms with Crippen molar-refractivity contribution in [3.63, 3.8) is 0 Å². The van der Waals surface area contributed by atoms with Gasteiger partial charge in [-0.3, -0.25) is 4.79 Å². The van der Waals surface area contributed by atoms with Crippen LogP contribution in [0.5, 0.6) is 0 Å². The Morgan fingerprint density at radius 3 is 2.68 bits per heavy atom. The predicted molar refractivity (Wildman–Crippen MR) is 115 cm³/mol. The Labute approximate surface area is 183 Å². The van der Waals surface area contributed by atoms with Crippen LogP contribution in [-0.2, 0) is 16.6 Å². The van der Waals surface area contributed by atoms with Gasteiger partial charge in [-0.2, -0.15) is 0 Å². The fourth-order valence-electron chi connectivity index (χ4n) is 4.81. The summed E-state index contributed by atoms with van der Waals surface area (Å²) in [5, 5.41) is 11.3. The molecule has 166 valence electrons. The van der Waals surface area contributed by atoms with E-state index in [0.717, 1.165) is 12.8 Å². The van der Waals surface area contributed by atoms with Crippen molar-refractivity contribution in [2.45, 2.75) is 44.9 Å². The maximum Gasteiger partial charge on any atom is 0.317 e. The smallest absolute Gasteiger partial charge is 0.317 e. The van der Waals surface area contributed by atoms with Crippen molar-refractivity contribution < 1.29 is 14.0 Å². The lowest BCUT2D eigenvalue weighted by atomic mass is 9.72. The molecule has 2 aromatic rings. The molecule has 2 fully saturated rings. The summed E-state index contributed by atoms with van der Waals surface area (Å²) in [6.45, 7) is 6.83. The molecule has 2 aliphatic rings. The summed E-state index contributed by atoms with van der Waals surface area (Å²) in [5.41, 5.74) is 0.782. The molecule has 1 aromatic heterocycles. The molecule has 1 N–H and O–H groups in total. The number of nitrogens with zero attached hydrogens (tertiary/aromatic N) is 4. The minimum Gasteiger partial charge on any atom is -0.425 e. The van der Waals surface area contributed by atoms with Crippen molar-refractivity contribution in [1.82, 2.24) is 25.3 Å². The number of urea groups is 1. The number of benzene rings is 1. The molecule has 31 heavy (non-hydrogen) atoms. The number of fused-ring (bicyclic) bond motifs is 1. The second-order valence-corrected chi connectivity index (χ2v) is 8.67. The molecule has 0 spiro atoms. The number of aromatic nitrogens is 2. The molecule has 2 saturated heterocycles. The Balaban J connectivity index is 1.47. The first-order chi connectivity index (χ1) is 15.0. The van der Waals surface area contributed by atoms with Gasteiger partial charge >= 0.3 is 6.03 Å². The van der Waals surface area contributed by atoms with Gasteiger partial charge in [0.2, 0.25) is 17.7 Å². The van der Waals surface area contributed by atoms with Crippen molar-refractivity contribution >= 4 is 11.9 Å². The van der Waals surface area contributed by atoms with Crippen molar-refractivity contribution in [3.05, 3.63) is 47.7 Å². The SMILES string of the molecule is CCCNC(=O)N1C[C@@H]2CN(C(=O)CCc3ccccc3)CC[C@]2(c2nnc(C)o2)C1. The molecule has 0 saturated carbocycles. The zero-order chi connectivity index (χ0) is 21.8. The van der Waals surface area contributed by atoms with Crippen LogP contribution in [0.25, 0.3) is 0 Å². The fraction of sp³-hybridized carbons (Fsp3) is 0.565. The van der Waals surface area contributed by atoms with Gasteiger partial charge in [-0.25, -0.2) is 4.79 Å². The van der Waals surface area contributed by atoms with Gasteiger partial charge in [0, 0.05) is 52.0 Å². The van der Waals surface area contributed by atoms with E-state index >= 15 is 0 Å². The van der Waals surface area contributed by atoms with E-state index in [9.17, 15) is 9.59 Å². The van der Waals surface area contributed by atoms with Crippen molar-refractivity contribution in [2.24, 2.45) is 5.92 Å². The average Bonchev–Trinajstić information content (AvgIpc) is 3.40. The topological polar surface area (TPSA) is 91.6 Å². The van der Waals surface area contributed by atoms with Gasteiger partial charge in [0.05, 0.1) is 5.41 Å². The van der Waals surface area contributed by atoms with Gasteiger partial charge in [-0.15, -0.1) is 10.2 Å². The largest absolute Gasteiger partial charge is 0.425 e. The number of hydrogen-bond donors (Lipinski definition) is 1. The third-order valence-electron chi connectivity index (χ3n) is 6.55. The molecule has 1 aromatic carbocycles. The van der Waals surface area contributed by atoms with Gasteiger partial charge in [-0.05, 0) is 24.8 Å². The van der Waals surface area contributed by atoms with Crippen LogP contribution in [0.2, 0.25) is 0 Å². The highest BCUT2D eigenvalue weighted by molar-refractivity contribution is 5.77. The van der Waals surface area contributed by atoms with Gasteiger partial charge in [0.15, 0.2) is 0 Å². The highest BCUT2D eigenvalue weighted by Crippen LogP contribution is 2.44. The Kier molecular flexibility index (Phi) is 6.25. The number of likely N-dealkylation sites (tertiary alicyclic amines) is 2. The fourth-order valence-corrected chi connectivity index (χ4v) is 4.81. The van der Waals surface area contributed by atoms with E-state index in [-0.39, 0.29) is 23.3 Å². The molecule has 8 nitrogen and oxygen atoms in total.